The number of ether oxygens (including phenoxy) is 1. The van der Waals surface area contributed by atoms with Crippen LogP contribution in [0.4, 0.5) is 0 Å². The molecule has 2 fully saturated rings. The summed E-state index contributed by atoms with van der Waals surface area (Å²) < 4.78 is 6.11. The molecule has 0 amide bonds. The van der Waals surface area contributed by atoms with Crippen LogP contribution in [0.5, 0.6) is 0 Å². The zero-order valence-corrected chi connectivity index (χ0v) is 18.2. The van der Waals surface area contributed by atoms with E-state index < -0.39 is 0 Å². The lowest BCUT2D eigenvalue weighted by Gasteiger charge is -2.36. The first-order valence-corrected chi connectivity index (χ1v) is 11.4. The molecule has 2 saturated heterocycles. The number of hydrogen-bond acceptors (Lipinski definition) is 5. The second kappa shape index (κ2) is 9.69. The molecule has 0 saturated carbocycles. The Morgan fingerprint density at radius 2 is 2.17 bits per heavy atom. The van der Waals surface area contributed by atoms with E-state index in [4.69, 9.17) is 4.74 Å². The van der Waals surface area contributed by atoms with E-state index in [-0.39, 0.29) is 6.10 Å². The number of rotatable bonds is 6. The summed E-state index contributed by atoms with van der Waals surface area (Å²) in [5.74, 6) is 0.968. The summed E-state index contributed by atoms with van der Waals surface area (Å²) in [5, 5.41) is 4.72. The van der Waals surface area contributed by atoms with Crippen LogP contribution in [0.2, 0.25) is 0 Å². The zero-order valence-electron chi connectivity index (χ0n) is 17.4. The van der Waals surface area contributed by atoms with Gasteiger partial charge >= 0.3 is 0 Å². The lowest BCUT2D eigenvalue weighted by atomic mass is 10.1. The molecule has 6 nitrogen and oxygen atoms in total. The molecule has 156 valence electrons. The van der Waals surface area contributed by atoms with Crippen LogP contribution in [0.25, 0.3) is 0 Å². The second-order valence-electron chi connectivity index (χ2n) is 7.64. The fraction of sp³-hybridized carbons (Fsp3) is 0.545. The Morgan fingerprint density at radius 3 is 2.93 bits per heavy atom. The largest absolute Gasteiger partial charge is 0.373 e. The number of fused-ring (bicyclic) bond motifs is 1. The maximum absolute atomic E-state index is 6.11. The third kappa shape index (κ3) is 4.97. The molecule has 3 heterocycles. The number of aromatic nitrogens is 1. The van der Waals surface area contributed by atoms with E-state index in [1.54, 1.807) is 0 Å². The minimum absolute atomic E-state index is 0.247. The van der Waals surface area contributed by atoms with Crippen LogP contribution in [0.1, 0.15) is 22.4 Å². The van der Waals surface area contributed by atoms with Crippen LogP contribution in [-0.4, -0.2) is 72.7 Å². The fourth-order valence-corrected chi connectivity index (χ4v) is 5.05. The Hall–Kier alpha value is -1.96. The van der Waals surface area contributed by atoms with Crippen molar-refractivity contribution in [2.24, 2.45) is 4.99 Å². The van der Waals surface area contributed by atoms with Gasteiger partial charge in [0.05, 0.1) is 23.8 Å². The van der Waals surface area contributed by atoms with E-state index in [0.717, 1.165) is 58.1 Å². The van der Waals surface area contributed by atoms with E-state index >= 15 is 0 Å². The highest BCUT2D eigenvalue weighted by molar-refractivity contribution is 7.11. The number of aliphatic imine (C=N–C) groups is 1. The number of nitrogens with one attached hydrogen (secondary N) is 1. The smallest absolute Gasteiger partial charge is 0.193 e. The number of benzene rings is 1. The first-order chi connectivity index (χ1) is 14.3. The summed E-state index contributed by atoms with van der Waals surface area (Å²) >= 11 is 1.81. The quantitative estimate of drug-likeness (QED) is 0.582. The number of thiazole rings is 1. The van der Waals surface area contributed by atoms with Crippen LogP contribution in [0, 0.1) is 0 Å². The average molecular weight is 414 g/mol. The lowest BCUT2D eigenvalue weighted by Crippen LogP contribution is -2.50. The number of aryl methyl sites for hydroxylation is 1. The molecule has 0 spiro atoms. The molecule has 2 aliphatic rings. The SMILES string of the molecule is CCc1cnc(CCNC(=NC)N2CC3OCCN(Cc4ccccc4)C3C2)s1. The van der Waals surface area contributed by atoms with Crippen molar-refractivity contribution in [2.75, 3.05) is 39.8 Å². The Bertz CT molecular complexity index is 809. The van der Waals surface area contributed by atoms with Crippen molar-refractivity contribution in [3.05, 3.63) is 52.0 Å². The molecule has 2 atom stereocenters. The van der Waals surface area contributed by atoms with Crippen LogP contribution in [0.15, 0.2) is 41.5 Å². The topological polar surface area (TPSA) is 53.0 Å². The average Bonchev–Trinajstić information content (AvgIpc) is 3.39. The molecule has 1 aromatic heterocycles. The molecule has 1 N–H and O–H groups in total. The van der Waals surface area contributed by atoms with Crippen molar-refractivity contribution in [3.63, 3.8) is 0 Å². The molecule has 0 aliphatic carbocycles. The minimum Gasteiger partial charge on any atom is -0.373 e. The predicted molar refractivity (Wildman–Crippen MR) is 119 cm³/mol. The van der Waals surface area contributed by atoms with E-state index in [2.05, 4.69) is 62.3 Å². The zero-order chi connectivity index (χ0) is 20.1. The normalized spacial score (nSPS) is 22.7. The third-order valence-electron chi connectivity index (χ3n) is 5.73. The van der Waals surface area contributed by atoms with Gasteiger partial charge in [-0.15, -0.1) is 11.3 Å². The Labute approximate surface area is 177 Å². The van der Waals surface area contributed by atoms with E-state index in [1.165, 1.54) is 15.4 Å². The molecule has 2 unspecified atom stereocenters. The summed E-state index contributed by atoms with van der Waals surface area (Å²) in [4.78, 5) is 15.3. The van der Waals surface area contributed by atoms with E-state index in [0.29, 0.717) is 6.04 Å². The molecular formula is C22H31N5OS. The number of guanidine groups is 1. The highest BCUT2D eigenvalue weighted by Crippen LogP contribution is 2.24. The first kappa shape index (κ1) is 20.3. The third-order valence-corrected chi connectivity index (χ3v) is 6.93. The lowest BCUT2D eigenvalue weighted by molar-refractivity contribution is -0.0502. The Morgan fingerprint density at radius 1 is 1.31 bits per heavy atom. The van der Waals surface area contributed by atoms with Crippen molar-refractivity contribution in [3.8, 4) is 0 Å². The highest BCUT2D eigenvalue weighted by atomic mass is 32.1. The predicted octanol–water partition coefficient (Wildman–Crippen LogP) is 2.41. The number of likely N-dealkylation sites (tertiary alicyclic amines) is 1. The van der Waals surface area contributed by atoms with Gasteiger partial charge in [-0.2, -0.15) is 0 Å². The van der Waals surface area contributed by atoms with Crippen LogP contribution in [0.3, 0.4) is 0 Å². The van der Waals surface area contributed by atoms with Crippen LogP contribution in [-0.2, 0) is 24.1 Å². The Balaban J connectivity index is 1.32. The Kier molecular flexibility index (Phi) is 6.79. The fourth-order valence-electron chi connectivity index (χ4n) is 4.19. The van der Waals surface area contributed by atoms with Crippen LogP contribution < -0.4 is 5.32 Å². The van der Waals surface area contributed by atoms with Crippen molar-refractivity contribution in [1.29, 1.82) is 0 Å². The molecule has 4 rings (SSSR count). The molecule has 29 heavy (non-hydrogen) atoms. The summed E-state index contributed by atoms with van der Waals surface area (Å²) in [6, 6.07) is 11.1. The van der Waals surface area contributed by atoms with Gasteiger partial charge in [-0.3, -0.25) is 9.89 Å². The van der Waals surface area contributed by atoms with Crippen molar-refractivity contribution >= 4 is 17.3 Å². The maximum Gasteiger partial charge on any atom is 0.193 e. The summed E-state index contributed by atoms with van der Waals surface area (Å²) in [7, 11) is 1.87. The summed E-state index contributed by atoms with van der Waals surface area (Å²) in [6.07, 6.45) is 4.24. The van der Waals surface area contributed by atoms with Crippen molar-refractivity contribution in [1.82, 2.24) is 20.1 Å². The second-order valence-corrected chi connectivity index (χ2v) is 8.84. The highest BCUT2D eigenvalue weighted by Gasteiger charge is 2.41. The van der Waals surface area contributed by atoms with Crippen LogP contribution >= 0.6 is 11.3 Å². The van der Waals surface area contributed by atoms with Crippen molar-refractivity contribution < 1.29 is 4.74 Å². The van der Waals surface area contributed by atoms with Gasteiger partial charge in [0, 0.05) is 57.3 Å². The van der Waals surface area contributed by atoms with Gasteiger partial charge in [0.25, 0.3) is 0 Å². The van der Waals surface area contributed by atoms with Gasteiger partial charge in [0.1, 0.15) is 0 Å². The summed E-state index contributed by atoms with van der Waals surface area (Å²) in [5.41, 5.74) is 1.36. The minimum atomic E-state index is 0.247. The molecule has 2 aromatic rings. The van der Waals surface area contributed by atoms with E-state index in [1.807, 2.05) is 24.6 Å². The molecule has 0 bridgehead atoms. The molecular weight excluding hydrogens is 382 g/mol. The van der Waals surface area contributed by atoms with Gasteiger partial charge in [-0.1, -0.05) is 37.3 Å². The van der Waals surface area contributed by atoms with Gasteiger partial charge in [-0.25, -0.2) is 4.98 Å². The maximum atomic E-state index is 6.11. The summed E-state index contributed by atoms with van der Waals surface area (Å²) in [6.45, 7) is 7.64. The molecule has 0 radical (unpaired) electrons. The van der Waals surface area contributed by atoms with Gasteiger partial charge in [0.2, 0.25) is 0 Å². The first-order valence-electron chi connectivity index (χ1n) is 10.6. The monoisotopic (exact) mass is 413 g/mol. The molecule has 7 heteroatoms. The number of nitrogens with zero attached hydrogens (tertiary/aromatic N) is 4. The van der Waals surface area contributed by atoms with Gasteiger partial charge < -0.3 is 15.0 Å². The van der Waals surface area contributed by atoms with Gasteiger partial charge in [0.15, 0.2) is 5.96 Å². The number of morpholine rings is 1. The molecule has 2 aliphatic heterocycles. The van der Waals surface area contributed by atoms with Crippen molar-refractivity contribution in [2.45, 2.75) is 38.5 Å². The standard InChI is InChI=1S/C22H31N5OS/c1-3-18-13-25-21(29-18)9-10-24-22(23-2)27-15-19-20(16-27)28-12-11-26(19)14-17-7-5-4-6-8-17/h4-8,13,19-20H,3,9-12,14-16H2,1-2H3,(H,23,24). The number of hydrogen-bond donors (Lipinski definition) is 1. The van der Waals surface area contributed by atoms with Gasteiger partial charge in [-0.05, 0) is 12.0 Å². The van der Waals surface area contributed by atoms with E-state index in [9.17, 15) is 0 Å². The molecule has 1 aromatic carbocycles.